The lowest BCUT2D eigenvalue weighted by molar-refractivity contribution is -0.292. The molecule has 1 unspecified atom stereocenters. The molecule has 1 aromatic rings. The number of benzene rings is 1. The molecule has 17 heteroatoms. The number of fused-ring (bicyclic) bond motifs is 1. The molecule has 11 atom stereocenters. The number of rotatable bonds is 9. The van der Waals surface area contributed by atoms with Crippen LogP contribution in [0.1, 0.15) is 5.56 Å². The van der Waals surface area contributed by atoms with Gasteiger partial charge in [0, 0.05) is 24.3 Å². The normalized spacial score (nSPS) is 36.0. The van der Waals surface area contributed by atoms with Crippen LogP contribution in [0.25, 0.3) is 5.76 Å². The SMILES string of the molecule is COc1cc(C2=C(O[C@@H]3O[C@H](CO)[C@@H](O)[C@H](O)[C@H]3O)C=C3C(O[C@@H]4O[C@H](CO)[C@@H](O)[C@H](O)[C@H]4O)=CC(O)=CC3[OH+]2)cc(OC)c1O. The van der Waals surface area contributed by atoms with E-state index in [0.29, 0.717) is 0 Å². The Morgan fingerprint density at radius 2 is 1.24 bits per heavy atom. The summed E-state index contributed by atoms with van der Waals surface area (Å²) in [6.45, 7) is -1.43. The zero-order valence-electron chi connectivity index (χ0n) is 24.5. The van der Waals surface area contributed by atoms with Gasteiger partial charge in [-0.2, -0.15) is 0 Å². The number of aromatic hydroxyl groups is 1. The fourth-order valence-corrected chi connectivity index (χ4v) is 5.36. The van der Waals surface area contributed by atoms with E-state index in [1.807, 2.05) is 0 Å². The second kappa shape index (κ2) is 13.6. The fourth-order valence-electron chi connectivity index (χ4n) is 5.36. The predicted molar refractivity (Wildman–Crippen MR) is 151 cm³/mol. The van der Waals surface area contributed by atoms with E-state index in [2.05, 4.69) is 4.74 Å². The summed E-state index contributed by atoms with van der Waals surface area (Å²) < 4.78 is 38.0. The van der Waals surface area contributed by atoms with Crippen molar-refractivity contribution in [3.05, 3.63) is 58.8 Å². The van der Waals surface area contributed by atoms with Crippen molar-refractivity contribution >= 4 is 5.76 Å². The van der Waals surface area contributed by atoms with E-state index in [1.165, 1.54) is 38.5 Å². The lowest BCUT2D eigenvalue weighted by Gasteiger charge is -2.41. The van der Waals surface area contributed by atoms with Crippen LogP contribution in [0.3, 0.4) is 0 Å². The molecule has 0 saturated carbocycles. The van der Waals surface area contributed by atoms with Crippen LogP contribution in [0.4, 0.5) is 0 Å². The van der Waals surface area contributed by atoms with Crippen LogP contribution in [0.5, 0.6) is 17.2 Å². The van der Waals surface area contributed by atoms with Gasteiger partial charge in [0.15, 0.2) is 11.5 Å². The van der Waals surface area contributed by atoms with Crippen LogP contribution in [0.15, 0.2) is 53.2 Å². The minimum Gasteiger partial charge on any atom is -0.571 e. The second-order valence-electron chi connectivity index (χ2n) is 10.8. The van der Waals surface area contributed by atoms with Gasteiger partial charge in [0.25, 0.3) is 0 Å². The number of phenols is 1. The average molecular weight is 658 g/mol. The Labute approximate surface area is 261 Å². The number of phenolic OH excluding ortho intramolecular Hbond substituents is 1. The molecule has 0 bridgehead atoms. The van der Waals surface area contributed by atoms with Crippen LogP contribution in [-0.2, 0) is 18.9 Å². The first-order valence-electron chi connectivity index (χ1n) is 14.1. The molecule has 17 nitrogen and oxygen atoms in total. The summed E-state index contributed by atoms with van der Waals surface area (Å²) in [4.78, 5) is 0. The van der Waals surface area contributed by atoms with Crippen LogP contribution in [-0.4, -0.2) is 151 Å². The third kappa shape index (κ3) is 6.21. The number of allylic oxidation sites excluding steroid dienone is 2. The van der Waals surface area contributed by atoms with E-state index in [-0.39, 0.29) is 51.4 Å². The zero-order valence-corrected chi connectivity index (χ0v) is 24.5. The quantitative estimate of drug-likeness (QED) is 0.118. The molecule has 1 aromatic carbocycles. The number of ether oxygens (including phenoxy) is 7. The molecule has 3 aliphatic heterocycles. The average Bonchev–Trinajstić information content (AvgIpc) is 3.05. The number of hydrogen-bond donors (Lipinski definition) is 10. The lowest BCUT2D eigenvalue weighted by Crippen LogP contribution is -2.59. The second-order valence-corrected chi connectivity index (χ2v) is 10.8. The molecule has 3 heterocycles. The van der Waals surface area contributed by atoms with Gasteiger partial charge in [0.1, 0.15) is 60.4 Å². The molecule has 1 aliphatic carbocycles. The minimum atomic E-state index is -1.80. The summed E-state index contributed by atoms with van der Waals surface area (Å²) in [7, 11) is 2.62. The Hall–Kier alpha value is -3.62. The van der Waals surface area contributed by atoms with Gasteiger partial charge in [-0.15, -0.1) is 0 Å². The molecule has 46 heavy (non-hydrogen) atoms. The van der Waals surface area contributed by atoms with Gasteiger partial charge in [-0.05, 0) is 0 Å². The van der Waals surface area contributed by atoms with Crippen molar-refractivity contribution in [1.29, 1.82) is 0 Å². The highest BCUT2D eigenvalue weighted by Crippen LogP contribution is 2.43. The molecule has 4 aliphatic rings. The Bertz CT molecular complexity index is 1370. The maximum Gasteiger partial charge on any atom is 0.305 e. The van der Waals surface area contributed by atoms with E-state index < -0.39 is 80.7 Å². The summed E-state index contributed by atoms with van der Waals surface area (Å²) in [6.07, 6.45) is -13.4. The fraction of sp³-hybridized carbons (Fsp3) is 0.517. The standard InChI is InChI=1S/C29H36O17/c1-40-15-3-10(4-16(41-2)20(15)33)27-17(44-29-26(39)24(37)22(35)19(9-31)46-29)7-12-13(42-27)5-11(32)6-14(12)43-28-25(38)23(36)21(34)18(8-30)45-28/h3-7,13,18-19,21-26,28-39H,8-9H2,1-2H3/p+1/t13?,18-,19-,21-,22-,23+,24+,25-,26-,28-,29-/m1/s1. The highest BCUT2D eigenvalue weighted by Gasteiger charge is 2.48. The third-order valence-electron chi connectivity index (χ3n) is 7.94. The molecular formula is C29H37O17+. The van der Waals surface area contributed by atoms with Gasteiger partial charge in [-0.25, -0.2) is 0 Å². The first-order valence-corrected chi connectivity index (χ1v) is 14.1. The predicted octanol–water partition coefficient (Wildman–Crippen LogP) is -3.11. The van der Waals surface area contributed by atoms with Gasteiger partial charge < -0.3 is 84.2 Å². The molecule has 254 valence electrons. The molecule has 2 fully saturated rings. The summed E-state index contributed by atoms with van der Waals surface area (Å²) in [5.41, 5.74) is 0.441. The van der Waals surface area contributed by atoms with E-state index in [0.717, 1.165) is 6.08 Å². The molecule has 0 aromatic heterocycles. The maximum atomic E-state index is 10.7. The van der Waals surface area contributed by atoms with Crippen molar-refractivity contribution in [2.24, 2.45) is 0 Å². The van der Waals surface area contributed by atoms with Crippen molar-refractivity contribution in [3.8, 4) is 17.2 Å². The van der Waals surface area contributed by atoms with Crippen LogP contribution < -0.4 is 9.47 Å². The Kier molecular flexibility index (Phi) is 9.99. The topological polar surface area (TPSA) is 270 Å². The Morgan fingerprint density at radius 3 is 1.74 bits per heavy atom. The summed E-state index contributed by atoms with van der Waals surface area (Å²) in [6, 6.07) is 2.81. The molecular weight excluding hydrogens is 620 g/mol. The van der Waals surface area contributed by atoms with Gasteiger partial charge in [0.05, 0.1) is 44.6 Å². The molecule has 2 saturated heterocycles. The summed E-state index contributed by atoms with van der Waals surface area (Å²) >= 11 is 0. The number of aliphatic hydroxyl groups excluding tert-OH is 9. The van der Waals surface area contributed by atoms with E-state index in [4.69, 9.17) is 28.4 Å². The van der Waals surface area contributed by atoms with Gasteiger partial charge in [-0.1, -0.05) is 0 Å². The highest BCUT2D eigenvalue weighted by atomic mass is 16.7. The minimum absolute atomic E-state index is 0.00686. The van der Waals surface area contributed by atoms with E-state index in [1.54, 1.807) is 0 Å². The first kappa shape index (κ1) is 33.7. The molecule has 11 N–H and O–H groups in total. The number of methoxy groups -OCH3 is 2. The lowest BCUT2D eigenvalue weighted by atomic mass is 9.96. The van der Waals surface area contributed by atoms with Crippen molar-refractivity contribution in [3.63, 3.8) is 0 Å². The Balaban J connectivity index is 1.58. The molecule has 0 amide bonds. The zero-order chi connectivity index (χ0) is 33.4. The van der Waals surface area contributed by atoms with E-state index >= 15 is 0 Å². The maximum absolute atomic E-state index is 10.7. The van der Waals surface area contributed by atoms with Crippen molar-refractivity contribution in [2.75, 3.05) is 27.4 Å². The number of hydrogen-bond acceptors (Lipinski definition) is 16. The summed E-state index contributed by atoms with van der Waals surface area (Å²) in [5.74, 6) is -0.868. The van der Waals surface area contributed by atoms with Crippen molar-refractivity contribution in [1.82, 2.24) is 0 Å². The third-order valence-corrected chi connectivity index (χ3v) is 7.94. The van der Waals surface area contributed by atoms with Gasteiger partial charge in [0.2, 0.25) is 30.2 Å². The van der Waals surface area contributed by atoms with Crippen LogP contribution in [0, 0.1) is 0 Å². The van der Waals surface area contributed by atoms with Gasteiger partial charge in [-0.3, -0.25) is 0 Å². The van der Waals surface area contributed by atoms with Crippen LogP contribution in [0.2, 0.25) is 0 Å². The largest absolute Gasteiger partial charge is 0.571 e. The molecule has 5 rings (SSSR count). The number of aliphatic hydroxyl groups is 11. The van der Waals surface area contributed by atoms with Crippen LogP contribution >= 0.6 is 0 Å². The molecule has 0 spiro atoms. The summed E-state index contributed by atoms with van der Waals surface area (Å²) in [5, 5.41) is 102. The van der Waals surface area contributed by atoms with Gasteiger partial charge >= 0.3 is 5.76 Å². The van der Waals surface area contributed by atoms with Crippen molar-refractivity contribution in [2.45, 2.75) is 67.5 Å². The first-order chi connectivity index (χ1) is 21.9. The van der Waals surface area contributed by atoms with Crippen molar-refractivity contribution < 1.29 is 84.2 Å². The molecule has 0 radical (unpaired) electrons. The smallest absolute Gasteiger partial charge is 0.305 e. The highest BCUT2D eigenvalue weighted by molar-refractivity contribution is 5.71. The monoisotopic (exact) mass is 657 g/mol. The van der Waals surface area contributed by atoms with E-state index in [9.17, 15) is 51.1 Å². The Morgan fingerprint density at radius 1 is 0.717 bits per heavy atom.